The van der Waals surface area contributed by atoms with Gasteiger partial charge in [-0.2, -0.15) is 0 Å². The third kappa shape index (κ3) is 11.1. The Morgan fingerprint density at radius 1 is 0.708 bits per heavy atom. The maximum Gasteiger partial charge on any atom is 0.313 e. The van der Waals surface area contributed by atoms with Crippen LogP contribution in [0.1, 0.15) is 0 Å². The lowest BCUT2D eigenvalue weighted by molar-refractivity contribution is 0.311. The first-order valence-corrected chi connectivity index (χ1v) is 22.6. The van der Waals surface area contributed by atoms with E-state index in [-0.39, 0.29) is 0 Å². The van der Waals surface area contributed by atoms with Crippen molar-refractivity contribution in [1.82, 2.24) is 0 Å². The minimum atomic E-state index is -2.28. The average molecular weight is 423 g/mol. The fourth-order valence-corrected chi connectivity index (χ4v) is 23.7. The summed E-state index contributed by atoms with van der Waals surface area (Å²) in [7, 11) is -9.73. The average Bonchev–Trinajstić information content (AvgIpc) is 2.21. The lowest BCUT2D eigenvalue weighted by atomic mass is 10.8. The van der Waals surface area contributed by atoms with E-state index in [9.17, 15) is 0 Å². The maximum absolute atomic E-state index is 6.44. The Morgan fingerprint density at radius 3 is 1.62 bits per heavy atom. The number of hydrogen-bond acceptors (Lipinski definition) is 4. The molecule has 142 valence electrons. The van der Waals surface area contributed by atoms with Gasteiger partial charge in [0.2, 0.25) is 0 Å². The van der Waals surface area contributed by atoms with Crippen LogP contribution < -0.4 is 0 Å². The van der Waals surface area contributed by atoms with Crippen LogP contribution in [0.15, 0.2) is 25.3 Å². The minimum absolute atomic E-state index is 0.936. The highest BCUT2D eigenvalue weighted by Crippen LogP contribution is 2.24. The van der Waals surface area contributed by atoms with E-state index in [1.54, 1.807) is 0 Å². The first-order valence-electron chi connectivity index (χ1n) is 8.61. The molecular weight excluding hydrogens is 385 g/mol. The molecule has 0 spiro atoms. The van der Waals surface area contributed by atoms with Crippen molar-refractivity contribution in [3.63, 3.8) is 0 Å². The van der Waals surface area contributed by atoms with Gasteiger partial charge in [-0.25, -0.2) is 0 Å². The molecule has 0 heterocycles. The van der Waals surface area contributed by atoms with Crippen LogP contribution in [0.2, 0.25) is 71.0 Å². The second kappa shape index (κ2) is 9.37. The lowest BCUT2D eigenvalue weighted by Crippen LogP contribution is -2.55. The van der Waals surface area contributed by atoms with Crippen molar-refractivity contribution >= 4 is 43.0 Å². The van der Waals surface area contributed by atoms with E-state index >= 15 is 0 Å². The van der Waals surface area contributed by atoms with Gasteiger partial charge in [0.25, 0.3) is 9.28 Å². The molecule has 0 saturated carbocycles. The molecule has 0 aliphatic heterocycles. The molecular formula is C15H38O4Si5. The molecule has 24 heavy (non-hydrogen) atoms. The highest BCUT2D eigenvalue weighted by atomic mass is 28.5. The van der Waals surface area contributed by atoms with Crippen LogP contribution in [0, 0.1) is 0 Å². The van der Waals surface area contributed by atoms with Gasteiger partial charge in [-0.3, -0.25) is 0 Å². The van der Waals surface area contributed by atoms with Gasteiger partial charge in [0.1, 0.15) is 0 Å². The molecule has 0 saturated heterocycles. The van der Waals surface area contributed by atoms with Crippen molar-refractivity contribution in [2.75, 3.05) is 0 Å². The Labute approximate surface area is 155 Å². The molecule has 4 nitrogen and oxygen atoms in total. The smallest absolute Gasteiger partial charge is 0.313 e. The molecule has 1 unspecified atom stereocenters. The van der Waals surface area contributed by atoms with Crippen LogP contribution in [-0.4, -0.2) is 43.0 Å². The van der Waals surface area contributed by atoms with Gasteiger partial charge in [0.15, 0.2) is 16.6 Å². The molecule has 0 N–H and O–H groups in total. The van der Waals surface area contributed by atoms with Gasteiger partial charge in [0.05, 0.1) is 0 Å². The first kappa shape index (κ1) is 24.4. The van der Waals surface area contributed by atoms with Crippen molar-refractivity contribution in [2.45, 2.75) is 71.0 Å². The molecule has 0 rings (SSSR count). The summed E-state index contributed by atoms with van der Waals surface area (Å²) < 4.78 is 25.5. The van der Waals surface area contributed by atoms with E-state index in [4.69, 9.17) is 16.5 Å². The van der Waals surface area contributed by atoms with Gasteiger partial charge in [-0.15, -0.1) is 13.2 Å². The van der Waals surface area contributed by atoms with E-state index in [1.807, 2.05) is 12.2 Å². The van der Waals surface area contributed by atoms with Gasteiger partial charge in [-0.1, -0.05) is 12.2 Å². The first-order chi connectivity index (χ1) is 10.6. The summed E-state index contributed by atoms with van der Waals surface area (Å²) in [4.78, 5) is 0. The highest BCUT2D eigenvalue weighted by molar-refractivity contribution is 6.88. The van der Waals surface area contributed by atoms with Crippen LogP contribution in [0.5, 0.6) is 0 Å². The molecule has 0 bridgehead atoms. The molecule has 0 radical (unpaired) electrons. The van der Waals surface area contributed by atoms with Gasteiger partial charge in [-0.05, 0) is 71.0 Å². The summed E-state index contributed by atoms with van der Waals surface area (Å²) >= 11 is 0. The quantitative estimate of drug-likeness (QED) is 0.324. The molecule has 0 amide bonds. The van der Waals surface area contributed by atoms with Crippen LogP contribution in [0.3, 0.4) is 0 Å². The van der Waals surface area contributed by atoms with Gasteiger partial charge < -0.3 is 16.5 Å². The summed E-state index contributed by atoms with van der Waals surface area (Å²) in [6.07, 6.45) is 3.90. The number of allylic oxidation sites excluding steroid dienone is 2. The zero-order chi connectivity index (χ0) is 19.2. The highest BCUT2D eigenvalue weighted by Gasteiger charge is 2.41. The SMILES string of the molecule is C=CC[Si](C)(C)O[SiH](C)O[Si](C)(C)O[Si](C)(C)O[Si](C)(C)CC=C. The van der Waals surface area contributed by atoms with Crippen LogP contribution in [0.25, 0.3) is 0 Å². The maximum atomic E-state index is 6.44. The van der Waals surface area contributed by atoms with Crippen molar-refractivity contribution < 1.29 is 16.5 Å². The van der Waals surface area contributed by atoms with Crippen LogP contribution in [-0.2, 0) is 16.5 Å². The Balaban J connectivity index is 4.76. The zero-order valence-corrected chi connectivity index (χ0v) is 22.3. The summed E-state index contributed by atoms with van der Waals surface area (Å²) in [6.45, 7) is 27.0. The number of hydrogen-bond donors (Lipinski definition) is 0. The van der Waals surface area contributed by atoms with Crippen LogP contribution >= 0.6 is 0 Å². The number of rotatable bonds is 12. The van der Waals surface area contributed by atoms with E-state index in [1.165, 1.54) is 0 Å². The van der Waals surface area contributed by atoms with E-state index < -0.39 is 43.0 Å². The summed E-state index contributed by atoms with van der Waals surface area (Å²) in [5.41, 5.74) is 0. The van der Waals surface area contributed by atoms with Gasteiger partial charge >= 0.3 is 17.1 Å². The van der Waals surface area contributed by atoms with Gasteiger partial charge in [0, 0.05) is 0 Å². The monoisotopic (exact) mass is 422 g/mol. The fourth-order valence-electron chi connectivity index (χ4n) is 2.96. The Bertz CT molecular complexity index is 424. The summed E-state index contributed by atoms with van der Waals surface area (Å²) in [5, 5.41) is 0. The van der Waals surface area contributed by atoms with E-state index in [2.05, 4.69) is 72.1 Å². The van der Waals surface area contributed by atoms with Crippen molar-refractivity contribution in [1.29, 1.82) is 0 Å². The summed E-state index contributed by atoms with van der Waals surface area (Å²) in [6, 6.07) is 1.88. The Hall–Kier alpha value is 0.404. The van der Waals surface area contributed by atoms with Crippen molar-refractivity contribution in [3.8, 4) is 0 Å². The minimum Gasteiger partial charge on any atom is -0.438 e. The fraction of sp³-hybridized carbons (Fsp3) is 0.733. The van der Waals surface area contributed by atoms with E-state index in [0.717, 1.165) is 12.1 Å². The third-order valence-corrected chi connectivity index (χ3v) is 21.4. The predicted octanol–water partition coefficient (Wildman–Crippen LogP) is 5.09. The largest absolute Gasteiger partial charge is 0.438 e. The Morgan fingerprint density at radius 2 is 1.17 bits per heavy atom. The third-order valence-electron chi connectivity index (χ3n) is 3.22. The molecule has 0 aliphatic carbocycles. The lowest BCUT2D eigenvalue weighted by Gasteiger charge is -2.39. The normalized spacial score (nSPS) is 15.2. The second-order valence-corrected chi connectivity index (χ2v) is 26.4. The molecule has 9 heteroatoms. The molecule has 0 aromatic carbocycles. The molecule has 0 aromatic rings. The summed E-state index contributed by atoms with van der Waals surface area (Å²) in [5.74, 6) is 0. The Kier molecular flexibility index (Phi) is 9.53. The van der Waals surface area contributed by atoms with Crippen LogP contribution in [0.4, 0.5) is 0 Å². The molecule has 1 atom stereocenters. The van der Waals surface area contributed by atoms with Crippen molar-refractivity contribution in [2.24, 2.45) is 0 Å². The molecule has 0 fully saturated rings. The van der Waals surface area contributed by atoms with E-state index in [0.29, 0.717) is 0 Å². The topological polar surface area (TPSA) is 36.9 Å². The van der Waals surface area contributed by atoms with Crippen molar-refractivity contribution in [3.05, 3.63) is 25.3 Å². The standard InChI is InChI=1S/C15H38O4Si5/c1-12-14-21(4,5)16-20(3)17-23(8,9)19-24(10,11)18-22(6,7)15-13-2/h12-13,20H,1-2,14-15H2,3-11H3. The second-order valence-electron chi connectivity index (χ2n) is 8.31. The molecule has 0 aliphatic rings. The molecule has 0 aromatic heterocycles. The predicted molar refractivity (Wildman–Crippen MR) is 117 cm³/mol. The zero-order valence-electron chi connectivity index (χ0n) is 17.2.